The number of sulfonamides is 1. The summed E-state index contributed by atoms with van der Waals surface area (Å²) < 4.78 is 40.7. The summed E-state index contributed by atoms with van der Waals surface area (Å²) in [6.45, 7) is 0.00445. The standard InChI is InChI=1S/C20H19FN2O3S/c1-2-12-22-27(25,26)18-8-5-7-15(13-18)20(24)23(17-10-11-17)14-16-6-3-4-9-19(16)21/h1,3-9,13,17,22H,10-12,14H2. The number of nitrogens with one attached hydrogen (secondary N) is 1. The number of rotatable bonds is 7. The van der Waals surface area contributed by atoms with Crippen molar-refractivity contribution in [3.63, 3.8) is 0 Å². The van der Waals surface area contributed by atoms with E-state index in [4.69, 9.17) is 6.42 Å². The van der Waals surface area contributed by atoms with Gasteiger partial charge in [-0.25, -0.2) is 12.8 Å². The molecule has 1 aliphatic rings. The SMILES string of the molecule is C#CCNS(=O)(=O)c1cccc(C(=O)N(Cc2ccccc2F)C2CC2)c1. The maximum Gasteiger partial charge on any atom is 0.254 e. The Labute approximate surface area is 158 Å². The number of hydrogen-bond donors (Lipinski definition) is 1. The summed E-state index contributed by atoms with van der Waals surface area (Å²) in [5, 5.41) is 0. The molecule has 0 atom stereocenters. The molecule has 3 rings (SSSR count). The first-order valence-corrected chi connectivity index (χ1v) is 9.98. The van der Waals surface area contributed by atoms with Gasteiger partial charge in [0.15, 0.2) is 0 Å². The van der Waals surface area contributed by atoms with Crippen molar-refractivity contribution < 1.29 is 17.6 Å². The zero-order valence-electron chi connectivity index (χ0n) is 14.6. The van der Waals surface area contributed by atoms with Crippen LogP contribution in [0.5, 0.6) is 0 Å². The Morgan fingerprint density at radius 2 is 1.96 bits per heavy atom. The third kappa shape index (κ3) is 4.54. The molecule has 7 heteroatoms. The molecule has 0 saturated heterocycles. The molecular weight excluding hydrogens is 367 g/mol. The Kier molecular flexibility index (Phi) is 5.59. The van der Waals surface area contributed by atoms with E-state index in [2.05, 4.69) is 10.6 Å². The number of terminal acetylenes is 1. The topological polar surface area (TPSA) is 66.5 Å². The Hall–Kier alpha value is -2.69. The Balaban J connectivity index is 1.86. The van der Waals surface area contributed by atoms with Crippen LogP contribution in [0.4, 0.5) is 4.39 Å². The minimum absolute atomic E-state index is 0.0368. The van der Waals surface area contributed by atoms with E-state index in [1.165, 1.54) is 24.3 Å². The van der Waals surface area contributed by atoms with Crippen LogP contribution in [0.25, 0.3) is 0 Å². The number of hydrogen-bond acceptors (Lipinski definition) is 3. The van der Waals surface area contributed by atoms with Crippen LogP contribution in [0.3, 0.4) is 0 Å². The van der Waals surface area contributed by atoms with Crippen molar-refractivity contribution in [1.82, 2.24) is 9.62 Å². The summed E-state index contributed by atoms with van der Waals surface area (Å²) in [7, 11) is -3.80. The second kappa shape index (κ2) is 7.91. The average Bonchev–Trinajstić information content (AvgIpc) is 3.50. The van der Waals surface area contributed by atoms with Crippen LogP contribution in [-0.2, 0) is 16.6 Å². The van der Waals surface area contributed by atoms with E-state index < -0.39 is 10.0 Å². The molecule has 0 aliphatic heterocycles. The number of halogens is 1. The Morgan fingerprint density at radius 3 is 2.63 bits per heavy atom. The van der Waals surface area contributed by atoms with Gasteiger partial charge in [-0.15, -0.1) is 6.42 Å². The number of benzene rings is 2. The molecule has 2 aromatic carbocycles. The summed E-state index contributed by atoms with van der Waals surface area (Å²) in [4.78, 5) is 14.6. The minimum Gasteiger partial charge on any atom is -0.331 e. The van der Waals surface area contributed by atoms with E-state index >= 15 is 0 Å². The number of carbonyl (C=O) groups is 1. The van der Waals surface area contributed by atoms with Crippen LogP contribution < -0.4 is 4.72 Å². The van der Waals surface area contributed by atoms with Crippen LogP contribution in [0.15, 0.2) is 53.4 Å². The van der Waals surface area contributed by atoms with E-state index in [1.54, 1.807) is 29.2 Å². The fourth-order valence-electron chi connectivity index (χ4n) is 2.75. The first kappa shape index (κ1) is 19.1. The van der Waals surface area contributed by atoms with E-state index in [1.807, 2.05) is 0 Å². The number of nitrogens with zero attached hydrogens (tertiary/aromatic N) is 1. The van der Waals surface area contributed by atoms with Crippen molar-refractivity contribution >= 4 is 15.9 Å². The summed E-state index contributed by atoms with van der Waals surface area (Å²) in [6, 6.07) is 12.1. The number of amides is 1. The van der Waals surface area contributed by atoms with E-state index in [9.17, 15) is 17.6 Å². The lowest BCUT2D eigenvalue weighted by Crippen LogP contribution is -2.33. The summed E-state index contributed by atoms with van der Waals surface area (Å²) in [5.41, 5.74) is 0.666. The Bertz CT molecular complexity index is 994. The molecule has 0 heterocycles. The van der Waals surface area contributed by atoms with Gasteiger partial charge in [0.1, 0.15) is 5.82 Å². The highest BCUT2D eigenvalue weighted by molar-refractivity contribution is 7.89. The summed E-state index contributed by atoms with van der Waals surface area (Å²) in [6.07, 6.45) is 6.79. The monoisotopic (exact) mass is 386 g/mol. The van der Waals surface area contributed by atoms with Crippen LogP contribution in [0.2, 0.25) is 0 Å². The first-order valence-electron chi connectivity index (χ1n) is 8.50. The largest absolute Gasteiger partial charge is 0.331 e. The van der Waals surface area contributed by atoms with Crippen LogP contribution in [0.1, 0.15) is 28.8 Å². The molecule has 27 heavy (non-hydrogen) atoms. The van der Waals surface area contributed by atoms with Gasteiger partial charge in [-0.05, 0) is 37.1 Å². The van der Waals surface area contributed by atoms with Gasteiger partial charge in [-0.1, -0.05) is 30.2 Å². The number of carbonyl (C=O) groups excluding carboxylic acids is 1. The van der Waals surface area contributed by atoms with Crippen molar-refractivity contribution in [3.8, 4) is 12.3 Å². The van der Waals surface area contributed by atoms with E-state index in [0.29, 0.717) is 5.56 Å². The van der Waals surface area contributed by atoms with Crippen molar-refractivity contribution in [2.24, 2.45) is 0 Å². The highest BCUT2D eigenvalue weighted by Gasteiger charge is 2.33. The molecule has 0 bridgehead atoms. The Morgan fingerprint density at radius 1 is 1.22 bits per heavy atom. The van der Waals surface area contributed by atoms with Gasteiger partial charge >= 0.3 is 0 Å². The van der Waals surface area contributed by atoms with Gasteiger partial charge in [-0.2, -0.15) is 4.72 Å². The second-order valence-corrected chi connectivity index (χ2v) is 8.08. The highest BCUT2D eigenvalue weighted by atomic mass is 32.2. The van der Waals surface area contributed by atoms with Crippen LogP contribution >= 0.6 is 0 Å². The highest BCUT2D eigenvalue weighted by Crippen LogP contribution is 2.30. The maximum absolute atomic E-state index is 14.0. The molecule has 0 aromatic heterocycles. The quantitative estimate of drug-likeness (QED) is 0.744. The lowest BCUT2D eigenvalue weighted by Gasteiger charge is -2.23. The predicted octanol–water partition coefficient (Wildman–Crippen LogP) is 2.54. The van der Waals surface area contributed by atoms with Gasteiger partial charge in [0.2, 0.25) is 10.0 Å². The van der Waals surface area contributed by atoms with Gasteiger partial charge in [0.05, 0.1) is 11.4 Å². The van der Waals surface area contributed by atoms with Crippen molar-refractivity contribution in [2.75, 3.05) is 6.54 Å². The van der Waals surface area contributed by atoms with Crippen molar-refractivity contribution in [1.29, 1.82) is 0 Å². The molecular formula is C20H19FN2O3S. The van der Waals surface area contributed by atoms with Gasteiger partial charge in [0, 0.05) is 23.7 Å². The average molecular weight is 386 g/mol. The molecule has 1 N–H and O–H groups in total. The molecule has 1 saturated carbocycles. The molecule has 1 amide bonds. The molecule has 0 unspecified atom stereocenters. The lowest BCUT2D eigenvalue weighted by atomic mass is 10.1. The van der Waals surface area contributed by atoms with Crippen molar-refractivity contribution in [2.45, 2.75) is 30.3 Å². The van der Waals surface area contributed by atoms with Crippen LogP contribution in [0, 0.1) is 18.2 Å². The maximum atomic E-state index is 14.0. The third-order valence-electron chi connectivity index (χ3n) is 4.30. The summed E-state index contributed by atoms with van der Waals surface area (Å²) >= 11 is 0. The summed E-state index contributed by atoms with van der Waals surface area (Å²) in [5.74, 6) is 1.51. The first-order chi connectivity index (χ1) is 12.9. The molecule has 0 spiro atoms. The molecule has 1 aliphatic carbocycles. The molecule has 1 fully saturated rings. The zero-order chi connectivity index (χ0) is 19.4. The molecule has 140 valence electrons. The van der Waals surface area contributed by atoms with Crippen LogP contribution in [-0.4, -0.2) is 31.8 Å². The van der Waals surface area contributed by atoms with Gasteiger partial charge < -0.3 is 4.90 Å². The van der Waals surface area contributed by atoms with Crippen molar-refractivity contribution in [3.05, 3.63) is 65.5 Å². The molecule has 2 aromatic rings. The van der Waals surface area contributed by atoms with Gasteiger partial charge in [0.25, 0.3) is 5.91 Å². The predicted molar refractivity (Wildman–Crippen MR) is 99.8 cm³/mol. The minimum atomic E-state index is -3.80. The van der Waals surface area contributed by atoms with Gasteiger partial charge in [-0.3, -0.25) is 4.79 Å². The molecule has 5 nitrogen and oxygen atoms in total. The lowest BCUT2D eigenvalue weighted by molar-refractivity contribution is 0.0728. The normalized spacial score (nSPS) is 13.8. The van der Waals surface area contributed by atoms with E-state index in [0.717, 1.165) is 12.8 Å². The fourth-order valence-corrected chi connectivity index (χ4v) is 3.73. The van der Waals surface area contributed by atoms with E-state index in [-0.39, 0.29) is 41.3 Å². The zero-order valence-corrected chi connectivity index (χ0v) is 15.4. The fraction of sp³-hybridized carbons (Fsp3) is 0.250. The third-order valence-corrected chi connectivity index (χ3v) is 5.70. The second-order valence-electron chi connectivity index (χ2n) is 6.31. The molecule has 0 radical (unpaired) electrons. The smallest absolute Gasteiger partial charge is 0.254 e.